The van der Waals surface area contributed by atoms with Crippen LogP contribution in [0.5, 0.6) is 0 Å². The van der Waals surface area contributed by atoms with E-state index in [2.05, 4.69) is 18.2 Å². The lowest BCUT2D eigenvalue weighted by atomic mass is 9.61. The Morgan fingerprint density at radius 1 is 1.33 bits per heavy atom. The average Bonchev–Trinajstić information content (AvgIpc) is 2.23. The normalized spacial score (nSPS) is 26.6. The van der Waals surface area contributed by atoms with E-state index in [9.17, 15) is 4.79 Å². The van der Waals surface area contributed by atoms with Gasteiger partial charge in [-0.05, 0) is 39.2 Å². The molecular weight excluding hydrogens is 226 g/mol. The molecule has 0 saturated heterocycles. The third-order valence-electron chi connectivity index (χ3n) is 3.66. The Morgan fingerprint density at radius 3 is 2.33 bits per heavy atom. The van der Waals surface area contributed by atoms with Crippen LogP contribution < -0.4 is 5.73 Å². The van der Waals surface area contributed by atoms with Gasteiger partial charge < -0.3 is 10.5 Å². The van der Waals surface area contributed by atoms with Crippen molar-refractivity contribution in [3.63, 3.8) is 0 Å². The Hall–Kier alpha value is -1.35. The number of carbonyl (C=O) groups is 1. The molecule has 98 valence electrons. The van der Waals surface area contributed by atoms with E-state index >= 15 is 0 Å². The highest BCUT2D eigenvalue weighted by atomic mass is 16.5. The third kappa shape index (κ3) is 2.15. The first-order valence-electron chi connectivity index (χ1n) is 6.49. The zero-order valence-electron chi connectivity index (χ0n) is 11.3. The smallest absolute Gasteiger partial charge is 0.316 e. The molecule has 1 fully saturated rings. The molecule has 2 N–H and O–H groups in total. The molecule has 0 aromatic heterocycles. The molecule has 0 amide bonds. The fraction of sp³-hybridized carbons (Fsp3) is 0.533. The van der Waals surface area contributed by atoms with E-state index in [0.29, 0.717) is 19.4 Å². The fourth-order valence-electron chi connectivity index (χ4n) is 2.88. The summed E-state index contributed by atoms with van der Waals surface area (Å²) in [5.41, 5.74) is 8.79. The Balaban J connectivity index is 2.38. The zero-order chi connectivity index (χ0) is 13.3. The van der Waals surface area contributed by atoms with Crippen molar-refractivity contribution in [2.75, 3.05) is 6.61 Å². The van der Waals surface area contributed by atoms with Crippen LogP contribution in [0.4, 0.5) is 0 Å². The van der Waals surface area contributed by atoms with Crippen LogP contribution >= 0.6 is 0 Å². The van der Waals surface area contributed by atoms with Crippen LogP contribution in [0.1, 0.15) is 36.5 Å². The number of esters is 1. The van der Waals surface area contributed by atoms with Crippen molar-refractivity contribution in [1.29, 1.82) is 0 Å². The van der Waals surface area contributed by atoms with Gasteiger partial charge in [0.15, 0.2) is 0 Å². The van der Waals surface area contributed by atoms with Crippen molar-refractivity contribution in [3.8, 4) is 0 Å². The fourth-order valence-corrected chi connectivity index (χ4v) is 2.88. The molecule has 1 aliphatic carbocycles. The van der Waals surface area contributed by atoms with Crippen LogP contribution in [0.15, 0.2) is 18.2 Å². The minimum Gasteiger partial charge on any atom is -0.465 e. The Labute approximate surface area is 108 Å². The Kier molecular flexibility index (Phi) is 3.44. The zero-order valence-corrected chi connectivity index (χ0v) is 11.3. The SMILES string of the molecule is CCOC(=O)C1(c2cc(C)cc(C)c2)CC(N)C1. The number of carbonyl (C=O) groups excluding carboxylic acids is 1. The summed E-state index contributed by atoms with van der Waals surface area (Å²) in [5, 5.41) is 0. The van der Waals surface area contributed by atoms with Crippen LogP contribution in [-0.4, -0.2) is 18.6 Å². The van der Waals surface area contributed by atoms with Crippen LogP contribution in [0.25, 0.3) is 0 Å². The lowest BCUT2D eigenvalue weighted by Crippen LogP contribution is -2.54. The summed E-state index contributed by atoms with van der Waals surface area (Å²) >= 11 is 0. The molecule has 0 aliphatic heterocycles. The molecule has 3 heteroatoms. The third-order valence-corrected chi connectivity index (χ3v) is 3.66. The van der Waals surface area contributed by atoms with E-state index in [1.54, 1.807) is 0 Å². The first-order valence-corrected chi connectivity index (χ1v) is 6.49. The minimum absolute atomic E-state index is 0.107. The highest BCUT2D eigenvalue weighted by Gasteiger charge is 2.51. The van der Waals surface area contributed by atoms with Crippen LogP contribution in [0.2, 0.25) is 0 Å². The highest BCUT2D eigenvalue weighted by Crippen LogP contribution is 2.44. The van der Waals surface area contributed by atoms with Gasteiger partial charge in [0, 0.05) is 6.04 Å². The first-order chi connectivity index (χ1) is 8.48. The number of benzene rings is 1. The van der Waals surface area contributed by atoms with Gasteiger partial charge >= 0.3 is 5.97 Å². The molecule has 1 aromatic rings. The summed E-state index contributed by atoms with van der Waals surface area (Å²) in [4.78, 5) is 12.2. The van der Waals surface area contributed by atoms with E-state index in [1.807, 2.05) is 20.8 Å². The van der Waals surface area contributed by atoms with Crippen LogP contribution in [0, 0.1) is 13.8 Å². The predicted octanol–water partition coefficient (Wildman–Crippen LogP) is 2.23. The monoisotopic (exact) mass is 247 g/mol. The molecule has 0 atom stereocenters. The van der Waals surface area contributed by atoms with Gasteiger partial charge in [-0.25, -0.2) is 0 Å². The summed E-state index contributed by atoms with van der Waals surface area (Å²) in [6, 6.07) is 6.38. The van der Waals surface area contributed by atoms with E-state index < -0.39 is 5.41 Å². The maximum atomic E-state index is 12.2. The molecule has 0 heterocycles. The number of rotatable bonds is 3. The van der Waals surface area contributed by atoms with Crippen LogP contribution in [0.3, 0.4) is 0 Å². The van der Waals surface area contributed by atoms with Gasteiger partial charge in [-0.3, -0.25) is 4.79 Å². The predicted molar refractivity (Wildman–Crippen MR) is 71.4 cm³/mol. The minimum atomic E-state index is -0.508. The maximum absolute atomic E-state index is 12.2. The van der Waals surface area contributed by atoms with E-state index in [1.165, 1.54) is 11.1 Å². The lowest BCUT2D eigenvalue weighted by Gasteiger charge is -2.44. The highest BCUT2D eigenvalue weighted by molar-refractivity contribution is 5.85. The topological polar surface area (TPSA) is 52.3 Å². The van der Waals surface area contributed by atoms with Gasteiger partial charge in [-0.15, -0.1) is 0 Å². The van der Waals surface area contributed by atoms with Gasteiger partial charge in [0.1, 0.15) is 0 Å². The molecule has 0 radical (unpaired) electrons. The summed E-state index contributed by atoms with van der Waals surface area (Å²) in [6.45, 7) is 6.36. The van der Waals surface area contributed by atoms with Crippen molar-refractivity contribution < 1.29 is 9.53 Å². The molecule has 18 heavy (non-hydrogen) atoms. The molecule has 0 unspecified atom stereocenters. The molecule has 1 aliphatic rings. The average molecular weight is 247 g/mol. The van der Waals surface area contributed by atoms with E-state index in [-0.39, 0.29) is 12.0 Å². The molecule has 0 bridgehead atoms. The van der Waals surface area contributed by atoms with Crippen LogP contribution in [-0.2, 0) is 14.9 Å². The van der Waals surface area contributed by atoms with E-state index in [4.69, 9.17) is 10.5 Å². The Morgan fingerprint density at radius 2 is 1.89 bits per heavy atom. The number of ether oxygens (including phenoxy) is 1. The molecule has 1 aromatic carbocycles. The number of hydrogen-bond donors (Lipinski definition) is 1. The second kappa shape index (κ2) is 4.73. The molecule has 3 nitrogen and oxygen atoms in total. The van der Waals surface area contributed by atoms with Gasteiger partial charge in [-0.1, -0.05) is 29.3 Å². The van der Waals surface area contributed by atoms with Crippen molar-refractivity contribution >= 4 is 5.97 Å². The van der Waals surface area contributed by atoms with Gasteiger partial charge in [0.05, 0.1) is 12.0 Å². The molecule has 1 saturated carbocycles. The second-order valence-corrected chi connectivity index (χ2v) is 5.35. The summed E-state index contributed by atoms with van der Waals surface area (Å²) in [5.74, 6) is -0.128. The largest absolute Gasteiger partial charge is 0.465 e. The van der Waals surface area contributed by atoms with Crippen molar-refractivity contribution in [1.82, 2.24) is 0 Å². The van der Waals surface area contributed by atoms with Gasteiger partial charge in [-0.2, -0.15) is 0 Å². The molecule has 2 rings (SSSR count). The summed E-state index contributed by atoms with van der Waals surface area (Å²) in [6.07, 6.45) is 1.38. The van der Waals surface area contributed by atoms with Crippen molar-refractivity contribution in [3.05, 3.63) is 34.9 Å². The van der Waals surface area contributed by atoms with Crippen molar-refractivity contribution in [2.45, 2.75) is 45.1 Å². The van der Waals surface area contributed by atoms with E-state index in [0.717, 1.165) is 5.56 Å². The summed E-state index contributed by atoms with van der Waals surface area (Å²) < 4.78 is 5.24. The second-order valence-electron chi connectivity index (χ2n) is 5.35. The number of aryl methyl sites for hydroxylation is 2. The number of hydrogen-bond acceptors (Lipinski definition) is 3. The quantitative estimate of drug-likeness (QED) is 0.833. The van der Waals surface area contributed by atoms with Gasteiger partial charge in [0.25, 0.3) is 0 Å². The molecular formula is C15H21NO2. The van der Waals surface area contributed by atoms with Gasteiger partial charge in [0.2, 0.25) is 0 Å². The molecule has 0 spiro atoms. The number of nitrogens with two attached hydrogens (primary N) is 1. The maximum Gasteiger partial charge on any atom is 0.316 e. The first kappa shape index (κ1) is 13.1. The van der Waals surface area contributed by atoms with Crippen molar-refractivity contribution in [2.24, 2.45) is 5.73 Å². The standard InChI is InChI=1S/C15H21NO2/c1-4-18-14(17)15(8-13(16)9-15)12-6-10(2)5-11(3)7-12/h5-7,13H,4,8-9,16H2,1-3H3. The lowest BCUT2D eigenvalue weighted by molar-refractivity contribution is -0.154. The Bertz CT molecular complexity index is 441. The summed E-state index contributed by atoms with van der Waals surface area (Å²) in [7, 11) is 0.